The van der Waals surface area contributed by atoms with E-state index in [2.05, 4.69) is 60.6 Å². The molecule has 0 atom stereocenters. The summed E-state index contributed by atoms with van der Waals surface area (Å²) in [4.78, 5) is 0. The molecule has 0 fully saturated rings. The molecule has 0 aliphatic heterocycles. The topological polar surface area (TPSA) is 0 Å². The Morgan fingerprint density at radius 3 is 1.58 bits per heavy atom. The van der Waals surface area contributed by atoms with Crippen LogP contribution in [0.15, 0.2) is 12.2 Å². The van der Waals surface area contributed by atoms with Gasteiger partial charge in [-0.1, -0.05) is 60.6 Å². The van der Waals surface area contributed by atoms with Gasteiger partial charge >= 0.3 is 0 Å². The highest BCUT2D eigenvalue weighted by Gasteiger charge is 2.29. The van der Waals surface area contributed by atoms with Crippen molar-refractivity contribution in [1.29, 1.82) is 0 Å². The molecule has 0 aliphatic rings. The van der Waals surface area contributed by atoms with Crippen LogP contribution in [0.25, 0.3) is 0 Å². The van der Waals surface area contributed by atoms with Crippen LogP contribution in [-0.2, 0) is 0 Å². The Morgan fingerprint density at radius 1 is 0.917 bits per heavy atom. The molecule has 0 amide bonds. The van der Waals surface area contributed by atoms with Crippen molar-refractivity contribution >= 4 is 0 Å². The van der Waals surface area contributed by atoms with Crippen molar-refractivity contribution in [3.05, 3.63) is 12.2 Å². The molecule has 0 saturated carbocycles. The molecule has 0 rings (SSSR count). The smallest absolute Gasteiger partial charge is 0.0126 e. The van der Waals surface area contributed by atoms with E-state index in [0.717, 1.165) is 0 Å². The molecule has 0 radical (unpaired) electrons. The summed E-state index contributed by atoms with van der Waals surface area (Å²) in [5, 5.41) is 0. The van der Waals surface area contributed by atoms with Gasteiger partial charge in [0.2, 0.25) is 0 Å². The predicted octanol–water partition coefficient (Wildman–Crippen LogP) is 4.27. The van der Waals surface area contributed by atoms with E-state index in [1.807, 2.05) is 0 Å². The van der Waals surface area contributed by atoms with Gasteiger partial charge in [-0.2, -0.15) is 0 Å². The van der Waals surface area contributed by atoms with E-state index in [9.17, 15) is 0 Å². The van der Waals surface area contributed by atoms with Crippen molar-refractivity contribution < 1.29 is 0 Å². The first-order valence-corrected chi connectivity index (χ1v) is 4.86. The molecule has 0 heterocycles. The van der Waals surface area contributed by atoms with E-state index < -0.39 is 0 Å². The maximum absolute atomic E-state index is 2.34. The molecule has 72 valence electrons. The lowest BCUT2D eigenvalue weighted by Crippen LogP contribution is -2.27. The molecule has 0 N–H and O–H groups in total. The van der Waals surface area contributed by atoms with Gasteiger partial charge in [-0.15, -0.1) is 0 Å². The molecule has 0 heteroatoms. The predicted molar refractivity (Wildman–Crippen MR) is 57.2 cm³/mol. The third kappa shape index (κ3) is 3.42. The first kappa shape index (κ1) is 11.7. The van der Waals surface area contributed by atoms with Crippen molar-refractivity contribution in [3.8, 4) is 0 Å². The normalized spacial score (nSPS) is 14.7. The van der Waals surface area contributed by atoms with E-state index in [1.165, 1.54) is 0 Å². The fraction of sp³-hybridized carbons (Fsp3) is 0.833. The third-order valence-electron chi connectivity index (χ3n) is 2.83. The Hall–Kier alpha value is -0.260. The minimum Gasteiger partial charge on any atom is -0.0854 e. The molecule has 0 bridgehead atoms. The molecule has 0 aromatic rings. The Morgan fingerprint density at radius 2 is 1.33 bits per heavy atom. The van der Waals surface area contributed by atoms with Gasteiger partial charge in [-0.05, 0) is 16.7 Å². The fourth-order valence-electron chi connectivity index (χ4n) is 0.683. The number of hydrogen-bond donors (Lipinski definition) is 0. The average Bonchev–Trinajstić information content (AvgIpc) is 1.81. The Labute approximate surface area is 78.1 Å². The van der Waals surface area contributed by atoms with Crippen LogP contribution in [0.3, 0.4) is 0 Å². The van der Waals surface area contributed by atoms with Gasteiger partial charge < -0.3 is 0 Å². The summed E-state index contributed by atoms with van der Waals surface area (Å²) in [5.41, 5.74) is 0.635. The van der Waals surface area contributed by atoms with Gasteiger partial charge in [0.25, 0.3) is 0 Å². The molecule has 0 spiro atoms. The highest BCUT2D eigenvalue weighted by atomic mass is 14.3. The summed E-state index contributed by atoms with van der Waals surface area (Å²) >= 11 is 0. The molecule has 0 aromatic carbocycles. The molecule has 0 aliphatic carbocycles. The highest BCUT2D eigenvalue weighted by molar-refractivity contribution is 5.01. The second-order valence-corrected chi connectivity index (χ2v) is 5.57. The van der Waals surface area contributed by atoms with Crippen LogP contribution in [0, 0.1) is 16.7 Å². The van der Waals surface area contributed by atoms with E-state index in [1.54, 1.807) is 0 Å². The third-order valence-corrected chi connectivity index (χ3v) is 2.83. The zero-order valence-electron chi connectivity index (χ0n) is 9.73. The summed E-state index contributed by atoms with van der Waals surface area (Å²) in [6.45, 7) is 15.9. The van der Waals surface area contributed by atoms with Crippen LogP contribution in [0.1, 0.15) is 48.5 Å². The molecular formula is C12H24. The first-order chi connectivity index (χ1) is 5.17. The summed E-state index contributed by atoms with van der Waals surface area (Å²) in [5.74, 6) is 0.659. The zero-order valence-corrected chi connectivity index (χ0v) is 9.73. The van der Waals surface area contributed by atoms with E-state index in [-0.39, 0.29) is 5.41 Å². The summed E-state index contributed by atoms with van der Waals surface area (Å²) < 4.78 is 0. The number of hydrogen-bond acceptors (Lipinski definition) is 0. The lowest BCUT2D eigenvalue weighted by atomic mass is 9.69. The maximum atomic E-state index is 2.34. The monoisotopic (exact) mass is 168 g/mol. The van der Waals surface area contributed by atoms with Crippen LogP contribution < -0.4 is 0 Å². The number of rotatable bonds is 2. The van der Waals surface area contributed by atoms with Crippen LogP contribution in [0.5, 0.6) is 0 Å². The second kappa shape index (κ2) is 3.64. The summed E-state index contributed by atoms with van der Waals surface area (Å²) in [7, 11) is 0. The SMILES string of the molecule is CC(C)C=CC(C)(C)C(C)(C)C. The van der Waals surface area contributed by atoms with E-state index in [0.29, 0.717) is 11.3 Å². The quantitative estimate of drug-likeness (QED) is 0.540. The fourth-order valence-corrected chi connectivity index (χ4v) is 0.683. The Kier molecular flexibility index (Phi) is 3.56. The van der Waals surface area contributed by atoms with Crippen LogP contribution in [0.4, 0.5) is 0 Å². The largest absolute Gasteiger partial charge is 0.0854 e. The molecule has 0 saturated heterocycles. The van der Waals surface area contributed by atoms with Crippen molar-refractivity contribution in [2.75, 3.05) is 0 Å². The summed E-state index contributed by atoms with van der Waals surface area (Å²) in [6.07, 6.45) is 4.64. The standard InChI is InChI=1S/C12H24/c1-10(2)8-9-12(6,7)11(3,4)5/h8-10H,1-7H3. The lowest BCUT2D eigenvalue weighted by molar-refractivity contribution is 0.192. The number of allylic oxidation sites excluding steroid dienone is 2. The summed E-state index contributed by atoms with van der Waals surface area (Å²) in [6, 6.07) is 0. The maximum Gasteiger partial charge on any atom is -0.0126 e. The van der Waals surface area contributed by atoms with E-state index >= 15 is 0 Å². The molecule has 12 heavy (non-hydrogen) atoms. The van der Waals surface area contributed by atoms with Gasteiger partial charge in [0.15, 0.2) is 0 Å². The van der Waals surface area contributed by atoms with Crippen LogP contribution >= 0.6 is 0 Å². The first-order valence-electron chi connectivity index (χ1n) is 4.86. The lowest BCUT2D eigenvalue weighted by Gasteiger charge is -2.36. The van der Waals surface area contributed by atoms with Crippen molar-refractivity contribution in [3.63, 3.8) is 0 Å². The van der Waals surface area contributed by atoms with Crippen LogP contribution in [-0.4, -0.2) is 0 Å². The highest BCUT2D eigenvalue weighted by Crippen LogP contribution is 2.39. The van der Waals surface area contributed by atoms with Crippen LogP contribution in [0.2, 0.25) is 0 Å². The average molecular weight is 168 g/mol. The van der Waals surface area contributed by atoms with Gasteiger partial charge in [0.1, 0.15) is 0 Å². The van der Waals surface area contributed by atoms with E-state index in [4.69, 9.17) is 0 Å². The van der Waals surface area contributed by atoms with Crippen molar-refractivity contribution in [1.82, 2.24) is 0 Å². The minimum atomic E-state index is 0.289. The minimum absolute atomic E-state index is 0.289. The van der Waals surface area contributed by atoms with Gasteiger partial charge in [-0.25, -0.2) is 0 Å². The van der Waals surface area contributed by atoms with Crippen molar-refractivity contribution in [2.24, 2.45) is 16.7 Å². The van der Waals surface area contributed by atoms with Gasteiger partial charge in [0.05, 0.1) is 0 Å². The second-order valence-electron chi connectivity index (χ2n) is 5.57. The molecular weight excluding hydrogens is 144 g/mol. The zero-order chi connectivity index (χ0) is 9.99. The molecule has 0 aromatic heterocycles. The molecule has 0 unspecified atom stereocenters. The Bertz CT molecular complexity index is 153. The van der Waals surface area contributed by atoms with Crippen molar-refractivity contribution in [2.45, 2.75) is 48.5 Å². The Balaban J connectivity index is 4.43. The van der Waals surface area contributed by atoms with Gasteiger partial charge in [0, 0.05) is 0 Å². The molecule has 0 nitrogen and oxygen atoms in total. The van der Waals surface area contributed by atoms with Gasteiger partial charge in [-0.3, -0.25) is 0 Å².